The van der Waals surface area contributed by atoms with Crippen molar-refractivity contribution in [3.05, 3.63) is 35.4 Å². The van der Waals surface area contributed by atoms with Crippen molar-refractivity contribution in [3.8, 4) is 0 Å². The van der Waals surface area contributed by atoms with E-state index in [2.05, 4.69) is 17.1 Å². The molecule has 0 saturated carbocycles. The van der Waals surface area contributed by atoms with E-state index in [4.69, 9.17) is 0 Å². The third-order valence-corrected chi connectivity index (χ3v) is 3.05. The van der Waals surface area contributed by atoms with Crippen molar-refractivity contribution in [1.82, 2.24) is 10.2 Å². The Bertz CT molecular complexity index is 366. The largest absolute Gasteiger partial charge is 0.309 e. The van der Waals surface area contributed by atoms with Crippen molar-refractivity contribution in [3.63, 3.8) is 0 Å². The lowest BCUT2D eigenvalue weighted by Gasteiger charge is -2.23. The molecule has 0 aliphatic heterocycles. The number of rotatable bonds is 5. The molecule has 1 rings (SSSR count). The summed E-state index contributed by atoms with van der Waals surface area (Å²) in [6, 6.07) is 4.41. The lowest BCUT2D eigenvalue weighted by Crippen LogP contribution is -2.36. The van der Waals surface area contributed by atoms with Gasteiger partial charge in [0.05, 0.1) is 0 Å². The molecular weight excluding hydrogens is 222 g/mol. The van der Waals surface area contributed by atoms with Gasteiger partial charge in [-0.3, -0.25) is 0 Å². The fourth-order valence-electron chi connectivity index (χ4n) is 1.49. The molecule has 0 aliphatic carbocycles. The van der Waals surface area contributed by atoms with E-state index in [1.165, 1.54) is 6.07 Å². The minimum Gasteiger partial charge on any atom is -0.309 e. The fourth-order valence-corrected chi connectivity index (χ4v) is 1.49. The van der Waals surface area contributed by atoms with Crippen LogP contribution >= 0.6 is 0 Å². The van der Waals surface area contributed by atoms with Gasteiger partial charge in [0.1, 0.15) is 0 Å². The lowest BCUT2D eigenvalue weighted by atomic mass is 10.1. The van der Waals surface area contributed by atoms with Gasteiger partial charge in [-0.25, -0.2) is 8.78 Å². The SMILES string of the molecule is CC(NCC(C)N(C)C)c1cccc(F)c1F. The molecule has 0 saturated heterocycles. The molecule has 2 unspecified atom stereocenters. The molecule has 0 spiro atoms. The number of hydrogen-bond donors (Lipinski definition) is 1. The summed E-state index contributed by atoms with van der Waals surface area (Å²) in [6.07, 6.45) is 0. The van der Waals surface area contributed by atoms with Crippen molar-refractivity contribution in [1.29, 1.82) is 0 Å². The fraction of sp³-hybridized carbons (Fsp3) is 0.538. The Hall–Kier alpha value is -1.00. The summed E-state index contributed by atoms with van der Waals surface area (Å²) in [6.45, 7) is 4.63. The second-order valence-electron chi connectivity index (χ2n) is 4.59. The number of hydrogen-bond acceptors (Lipinski definition) is 2. The molecule has 2 nitrogen and oxygen atoms in total. The van der Waals surface area contributed by atoms with Gasteiger partial charge in [0.25, 0.3) is 0 Å². The maximum absolute atomic E-state index is 13.5. The van der Waals surface area contributed by atoms with Crippen LogP contribution in [0.2, 0.25) is 0 Å². The minimum atomic E-state index is -0.795. The number of nitrogens with zero attached hydrogens (tertiary/aromatic N) is 1. The molecule has 0 amide bonds. The van der Waals surface area contributed by atoms with Crippen LogP contribution in [0.5, 0.6) is 0 Å². The molecule has 1 aromatic carbocycles. The van der Waals surface area contributed by atoms with E-state index in [1.54, 1.807) is 6.07 Å². The Morgan fingerprint density at radius 3 is 2.47 bits per heavy atom. The zero-order valence-electron chi connectivity index (χ0n) is 10.8. The molecule has 0 radical (unpaired) electrons. The normalized spacial score (nSPS) is 15.0. The Kier molecular flexibility index (Phi) is 5.02. The van der Waals surface area contributed by atoms with Crippen LogP contribution in [0.25, 0.3) is 0 Å². The first-order valence-corrected chi connectivity index (χ1v) is 5.77. The number of likely N-dealkylation sites (N-methyl/N-ethyl adjacent to an activating group) is 1. The highest BCUT2D eigenvalue weighted by Gasteiger charge is 2.14. The van der Waals surface area contributed by atoms with Crippen LogP contribution < -0.4 is 5.32 Å². The van der Waals surface area contributed by atoms with Gasteiger partial charge in [-0.05, 0) is 34.0 Å². The molecular formula is C13H20F2N2. The maximum atomic E-state index is 13.5. The Morgan fingerprint density at radius 1 is 1.24 bits per heavy atom. The van der Waals surface area contributed by atoms with Gasteiger partial charge >= 0.3 is 0 Å². The van der Waals surface area contributed by atoms with E-state index < -0.39 is 11.6 Å². The second kappa shape index (κ2) is 6.07. The lowest BCUT2D eigenvalue weighted by molar-refractivity contribution is 0.294. The van der Waals surface area contributed by atoms with Gasteiger partial charge in [0.2, 0.25) is 0 Å². The Balaban J connectivity index is 2.64. The van der Waals surface area contributed by atoms with E-state index in [0.29, 0.717) is 11.6 Å². The van der Waals surface area contributed by atoms with Crippen molar-refractivity contribution >= 4 is 0 Å². The van der Waals surface area contributed by atoms with Crippen LogP contribution in [0.15, 0.2) is 18.2 Å². The molecule has 96 valence electrons. The first kappa shape index (κ1) is 14.1. The van der Waals surface area contributed by atoms with Crippen LogP contribution in [0, 0.1) is 11.6 Å². The molecule has 4 heteroatoms. The van der Waals surface area contributed by atoms with Crippen LogP contribution in [0.1, 0.15) is 25.5 Å². The zero-order valence-corrected chi connectivity index (χ0v) is 10.8. The molecule has 0 heterocycles. The van der Waals surface area contributed by atoms with Crippen molar-refractivity contribution in [2.45, 2.75) is 25.9 Å². The summed E-state index contributed by atoms with van der Waals surface area (Å²) in [5.74, 6) is -1.55. The zero-order chi connectivity index (χ0) is 13.0. The summed E-state index contributed by atoms with van der Waals surface area (Å²) in [4.78, 5) is 2.07. The maximum Gasteiger partial charge on any atom is 0.163 e. The summed E-state index contributed by atoms with van der Waals surface area (Å²) in [7, 11) is 3.97. The summed E-state index contributed by atoms with van der Waals surface area (Å²) in [5, 5.41) is 3.20. The average molecular weight is 242 g/mol. The smallest absolute Gasteiger partial charge is 0.163 e. The number of benzene rings is 1. The molecule has 1 aromatic rings. The Labute approximate surface area is 102 Å². The molecule has 0 aromatic heterocycles. The monoisotopic (exact) mass is 242 g/mol. The van der Waals surface area contributed by atoms with Gasteiger partial charge < -0.3 is 10.2 Å². The molecule has 0 aliphatic rings. The Morgan fingerprint density at radius 2 is 1.88 bits per heavy atom. The first-order valence-electron chi connectivity index (χ1n) is 5.77. The quantitative estimate of drug-likeness (QED) is 0.853. The van der Waals surface area contributed by atoms with Crippen molar-refractivity contribution < 1.29 is 8.78 Å². The molecule has 17 heavy (non-hydrogen) atoms. The predicted octanol–water partition coefficient (Wildman–Crippen LogP) is 2.57. The molecule has 0 bridgehead atoms. The second-order valence-corrected chi connectivity index (χ2v) is 4.59. The summed E-state index contributed by atoms with van der Waals surface area (Å²) < 4.78 is 26.6. The van der Waals surface area contributed by atoms with Gasteiger partial charge in [0.15, 0.2) is 11.6 Å². The van der Waals surface area contributed by atoms with Crippen LogP contribution in [0.4, 0.5) is 8.78 Å². The van der Waals surface area contributed by atoms with Crippen LogP contribution in [-0.4, -0.2) is 31.6 Å². The van der Waals surface area contributed by atoms with Gasteiger partial charge in [0, 0.05) is 24.2 Å². The average Bonchev–Trinajstić information content (AvgIpc) is 2.29. The van der Waals surface area contributed by atoms with E-state index in [9.17, 15) is 8.78 Å². The van der Waals surface area contributed by atoms with E-state index in [0.717, 1.165) is 12.6 Å². The van der Waals surface area contributed by atoms with Crippen LogP contribution in [-0.2, 0) is 0 Å². The number of halogens is 2. The topological polar surface area (TPSA) is 15.3 Å². The van der Waals surface area contributed by atoms with Gasteiger partial charge in [-0.15, -0.1) is 0 Å². The van der Waals surface area contributed by atoms with E-state index >= 15 is 0 Å². The molecule has 0 fully saturated rings. The van der Waals surface area contributed by atoms with Crippen molar-refractivity contribution in [2.75, 3.05) is 20.6 Å². The third kappa shape index (κ3) is 3.75. The summed E-state index contributed by atoms with van der Waals surface area (Å²) >= 11 is 0. The summed E-state index contributed by atoms with van der Waals surface area (Å²) in [5.41, 5.74) is 0.371. The highest BCUT2D eigenvalue weighted by Crippen LogP contribution is 2.18. The van der Waals surface area contributed by atoms with Gasteiger partial charge in [-0.1, -0.05) is 12.1 Å². The van der Waals surface area contributed by atoms with Crippen molar-refractivity contribution in [2.24, 2.45) is 0 Å². The van der Waals surface area contributed by atoms with E-state index in [1.807, 2.05) is 21.0 Å². The van der Waals surface area contributed by atoms with Crippen LogP contribution in [0.3, 0.4) is 0 Å². The molecule has 2 atom stereocenters. The van der Waals surface area contributed by atoms with Gasteiger partial charge in [-0.2, -0.15) is 0 Å². The van der Waals surface area contributed by atoms with E-state index in [-0.39, 0.29) is 6.04 Å². The number of nitrogens with one attached hydrogen (secondary N) is 1. The highest BCUT2D eigenvalue weighted by molar-refractivity contribution is 5.21. The standard InChI is InChI=1S/C13H20F2N2/c1-9(17(3)4)8-16-10(2)11-6-5-7-12(14)13(11)15/h5-7,9-10,16H,8H2,1-4H3. The predicted molar refractivity (Wildman–Crippen MR) is 65.9 cm³/mol. The minimum absolute atomic E-state index is 0.201. The highest BCUT2D eigenvalue weighted by atomic mass is 19.2. The first-order chi connectivity index (χ1) is 7.93. The molecule has 1 N–H and O–H groups in total. The third-order valence-electron chi connectivity index (χ3n) is 3.05.